The molecule has 1 aromatic rings. The second-order valence-corrected chi connectivity index (χ2v) is 6.01. The van der Waals surface area contributed by atoms with E-state index in [9.17, 15) is 0 Å². The first-order valence-corrected chi connectivity index (χ1v) is 8.39. The molecule has 1 N–H and O–H groups in total. The second kappa shape index (κ2) is 8.40. The van der Waals surface area contributed by atoms with Gasteiger partial charge in [-0.3, -0.25) is 4.90 Å². The van der Waals surface area contributed by atoms with Crippen LogP contribution >= 0.6 is 0 Å². The van der Waals surface area contributed by atoms with Crippen molar-refractivity contribution >= 4 is 0 Å². The monoisotopic (exact) mass is 290 g/mol. The highest BCUT2D eigenvalue weighted by molar-refractivity contribution is 5.36. The van der Waals surface area contributed by atoms with E-state index in [4.69, 9.17) is 4.74 Å². The summed E-state index contributed by atoms with van der Waals surface area (Å²) in [6.45, 7) is 7.40. The molecule has 0 radical (unpaired) electrons. The normalized spacial score (nSPS) is 21.8. The van der Waals surface area contributed by atoms with Gasteiger partial charge >= 0.3 is 0 Å². The number of ether oxygens (including phenoxy) is 1. The largest absolute Gasteiger partial charge is 0.494 e. The van der Waals surface area contributed by atoms with Crippen molar-refractivity contribution in [2.75, 3.05) is 26.7 Å². The number of nitrogens with zero attached hydrogens (tertiary/aromatic N) is 1. The van der Waals surface area contributed by atoms with Gasteiger partial charge in [0, 0.05) is 24.2 Å². The molecule has 1 fully saturated rings. The Morgan fingerprint density at radius 3 is 2.86 bits per heavy atom. The SMILES string of the molecule is CCOc1ccccc1C(CN1CCCCCC1C)NC. The van der Waals surface area contributed by atoms with Crippen molar-refractivity contribution in [3.8, 4) is 5.75 Å². The molecule has 118 valence electrons. The highest BCUT2D eigenvalue weighted by atomic mass is 16.5. The summed E-state index contributed by atoms with van der Waals surface area (Å²) in [6.07, 6.45) is 5.40. The molecule has 2 rings (SSSR count). The fourth-order valence-electron chi connectivity index (χ4n) is 3.24. The topological polar surface area (TPSA) is 24.5 Å². The van der Waals surface area contributed by atoms with Crippen LogP contribution in [-0.4, -0.2) is 37.7 Å². The summed E-state index contributed by atoms with van der Waals surface area (Å²) < 4.78 is 5.80. The van der Waals surface area contributed by atoms with Crippen LogP contribution in [0.4, 0.5) is 0 Å². The van der Waals surface area contributed by atoms with Crippen molar-refractivity contribution < 1.29 is 4.74 Å². The van der Waals surface area contributed by atoms with Crippen molar-refractivity contribution in [3.63, 3.8) is 0 Å². The van der Waals surface area contributed by atoms with E-state index in [1.54, 1.807) is 0 Å². The van der Waals surface area contributed by atoms with E-state index >= 15 is 0 Å². The average molecular weight is 290 g/mol. The molecule has 0 bridgehead atoms. The Kier molecular flexibility index (Phi) is 6.52. The molecular formula is C18H30N2O. The molecule has 1 saturated heterocycles. The van der Waals surface area contributed by atoms with Gasteiger partial charge in [-0.15, -0.1) is 0 Å². The molecule has 0 saturated carbocycles. The number of likely N-dealkylation sites (tertiary alicyclic amines) is 1. The number of rotatable bonds is 6. The van der Waals surface area contributed by atoms with E-state index in [2.05, 4.69) is 48.5 Å². The molecule has 2 atom stereocenters. The molecule has 3 nitrogen and oxygen atoms in total. The van der Waals surface area contributed by atoms with Gasteiger partial charge in [0.1, 0.15) is 5.75 Å². The minimum atomic E-state index is 0.327. The predicted molar refractivity (Wildman–Crippen MR) is 88.9 cm³/mol. The van der Waals surface area contributed by atoms with Gasteiger partial charge in [-0.05, 0) is 46.3 Å². The van der Waals surface area contributed by atoms with E-state index in [-0.39, 0.29) is 0 Å². The Bertz CT molecular complexity index is 421. The third-order valence-electron chi connectivity index (χ3n) is 4.55. The van der Waals surface area contributed by atoms with Crippen LogP contribution in [0, 0.1) is 0 Å². The first-order valence-electron chi connectivity index (χ1n) is 8.39. The minimum absolute atomic E-state index is 0.327. The van der Waals surface area contributed by atoms with Crippen molar-refractivity contribution in [1.29, 1.82) is 0 Å². The molecule has 1 aromatic carbocycles. The predicted octanol–water partition coefficient (Wildman–Crippen LogP) is 3.61. The molecule has 21 heavy (non-hydrogen) atoms. The van der Waals surface area contributed by atoms with Crippen molar-refractivity contribution in [2.24, 2.45) is 0 Å². The Hall–Kier alpha value is -1.06. The first-order chi connectivity index (χ1) is 10.3. The van der Waals surface area contributed by atoms with Crippen LogP contribution in [0.25, 0.3) is 0 Å². The smallest absolute Gasteiger partial charge is 0.124 e. The van der Waals surface area contributed by atoms with Gasteiger partial charge in [0.2, 0.25) is 0 Å². The Morgan fingerprint density at radius 1 is 1.29 bits per heavy atom. The Balaban J connectivity index is 2.11. The molecule has 2 unspecified atom stereocenters. The number of nitrogens with one attached hydrogen (secondary N) is 1. The van der Waals surface area contributed by atoms with Crippen LogP contribution in [0.1, 0.15) is 51.1 Å². The number of hydrogen-bond acceptors (Lipinski definition) is 3. The third-order valence-corrected chi connectivity index (χ3v) is 4.55. The fourth-order valence-corrected chi connectivity index (χ4v) is 3.24. The number of likely N-dealkylation sites (N-methyl/N-ethyl adjacent to an activating group) is 1. The molecule has 1 aliphatic heterocycles. The maximum Gasteiger partial charge on any atom is 0.124 e. The van der Waals surface area contributed by atoms with Crippen molar-refractivity contribution in [3.05, 3.63) is 29.8 Å². The lowest BCUT2D eigenvalue weighted by atomic mass is 10.0. The van der Waals surface area contributed by atoms with Crippen LogP contribution in [0.5, 0.6) is 5.75 Å². The summed E-state index contributed by atoms with van der Waals surface area (Å²) in [6, 6.07) is 9.43. The zero-order valence-electron chi connectivity index (χ0n) is 13.8. The van der Waals surface area contributed by atoms with E-state index < -0.39 is 0 Å². The lowest BCUT2D eigenvalue weighted by Crippen LogP contribution is -2.39. The van der Waals surface area contributed by atoms with Gasteiger partial charge in [0.25, 0.3) is 0 Å². The van der Waals surface area contributed by atoms with E-state index in [1.807, 2.05) is 6.92 Å². The maximum absolute atomic E-state index is 5.80. The summed E-state index contributed by atoms with van der Waals surface area (Å²) in [5.74, 6) is 1.02. The van der Waals surface area contributed by atoms with E-state index in [0.717, 1.165) is 12.3 Å². The number of hydrogen-bond donors (Lipinski definition) is 1. The highest BCUT2D eigenvalue weighted by Gasteiger charge is 2.22. The zero-order chi connectivity index (χ0) is 15.1. The van der Waals surface area contributed by atoms with Gasteiger partial charge in [-0.2, -0.15) is 0 Å². The van der Waals surface area contributed by atoms with Gasteiger partial charge < -0.3 is 10.1 Å². The van der Waals surface area contributed by atoms with Gasteiger partial charge in [0.15, 0.2) is 0 Å². The second-order valence-electron chi connectivity index (χ2n) is 6.01. The quantitative estimate of drug-likeness (QED) is 0.866. The molecule has 0 spiro atoms. The Labute approximate surface area is 129 Å². The molecule has 0 aromatic heterocycles. The van der Waals surface area contributed by atoms with E-state index in [1.165, 1.54) is 37.8 Å². The molecular weight excluding hydrogens is 260 g/mol. The molecule has 0 amide bonds. The number of para-hydroxylation sites is 1. The van der Waals surface area contributed by atoms with Crippen LogP contribution in [0.2, 0.25) is 0 Å². The summed E-state index contributed by atoms with van der Waals surface area (Å²) in [5.41, 5.74) is 1.28. The third kappa shape index (κ3) is 4.45. The summed E-state index contributed by atoms with van der Waals surface area (Å²) in [7, 11) is 2.05. The molecule has 1 aliphatic rings. The van der Waals surface area contributed by atoms with Crippen LogP contribution in [-0.2, 0) is 0 Å². The van der Waals surface area contributed by atoms with Gasteiger partial charge in [-0.25, -0.2) is 0 Å². The summed E-state index contributed by atoms with van der Waals surface area (Å²) >= 11 is 0. The molecule has 0 aliphatic carbocycles. The van der Waals surface area contributed by atoms with Gasteiger partial charge in [0.05, 0.1) is 6.61 Å². The average Bonchev–Trinajstić information content (AvgIpc) is 2.71. The van der Waals surface area contributed by atoms with Crippen LogP contribution in [0.15, 0.2) is 24.3 Å². The van der Waals surface area contributed by atoms with Crippen LogP contribution in [0.3, 0.4) is 0 Å². The standard InChI is InChI=1S/C18H30N2O/c1-4-21-18-12-8-7-11-16(18)17(19-3)14-20-13-9-5-6-10-15(20)2/h7-8,11-12,15,17,19H,4-6,9-10,13-14H2,1-3H3. The summed E-state index contributed by atoms with van der Waals surface area (Å²) in [4.78, 5) is 2.64. The zero-order valence-corrected chi connectivity index (χ0v) is 13.8. The van der Waals surface area contributed by atoms with Gasteiger partial charge in [-0.1, -0.05) is 31.0 Å². The lowest BCUT2D eigenvalue weighted by Gasteiger charge is -2.31. The Morgan fingerprint density at radius 2 is 2.10 bits per heavy atom. The van der Waals surface area contributed by atoms with E-state index in [0.29, 0.717) is 18.7 Å². The fraction of sp³-hybridized carbons (Fsp3) is 0.667. The van der Waals surface area contributed by atoms with Crippen molar-refractivity contribution in [2.45, 2.75) is 51.6 Å². The lowest BCUT2D eigenvalue weighted by molar-refractivity contribution is 0.191. The highest BCUT2D eigenvalue weighted by Crippen LogP contribution is 2.27. The molecule has 1 heterocycles. The summed E-state index contributed by atoms with van der Waals surface area (Å²) in [5, 5.41) is 3.48. The minimum Gasteiger partial charge on any atom is -0.494 e. The first kappa shape index (κ1) is 16.3. The van der Waals surface area contributed by atoms with Crippen LogP contribution < -0.4 is 10.1 Å². The molecule has 3 heteroatoms. The maximum atomic E-state index is 5.80. The van der Waals surface area contributed by atoms with Crippen molar-refractivity contribution in [1.82, 2.24) is 10.2 Å². The number of benzene rings is 1.